The maximum atomic E-state index is 2.50. The highest BCUT2D eigenvalue weighted by molar-refractivity contribution is 6.04. The summed E-state index contributed by atoms with van der Waals surface area (Å²) in [7, 11) is 0. The molecule has 0 bridgehead atoms. The first-order valence-corrected chi connectivity index (χ1v) is 23.1. The summed E-state index contributed by atoms with van der Waals surface area (Å²) in [5.74, 6) is 0.698. The van der Waals surface area contributed by atoms with Crippen LogP contribution >= 0.6 is 0 Å². The van der Waals surface area contributed by atoms with Crippen molar-refractivity contribution in [2.24, 2.45) is 5.92 Å². The van der Waals surface area contributed by atoms with Gasteiger partial charge in [0.1, 0.15) is 0 Å². The predicted molar refractivity (Wildman–Crippen MR) is 278 cm³/mol. The minimum Gasteiger partial charge on any atom is -0.314 e. The van der Waals surface area contributed by atoms with Crippen molar-refractivity contribution in [3.05, 3.63) is 258 Å². The van der Waals surface area contributed by atoms with Crippen LogP contribution in [0.2, 0.25) is 0 Å². The fourth-order valence-electron chi connectivity index (χ4n) is 10.3. The summed E-state index contributed by atoms with van der Waals surface area (Å²) >= 11 is 0. The number of hydrogen-bond donors (Lipinski definition) is 0. The normalized spacial score (nSPS) is 15.7. The van der Waals surface area contributed by atoms with E-state index in [-0.39, 0.29) is 5.92 Å². The van der Waals surface area contributed by atoms with Crippen molar-refractivity contribution >= 4 is 39.4 Å². The Hall–Kier alpha value is -7.74. The second-order valence-corrected chi connectivity index (χ2v) is 17.8. The molecule has 1 heteroatoms. The van der Waals surface area contributed by atoms with E-state index in [1.807, 2.05) is 0 Å². The zero-order valence-electron chi connectivity index (χ0n) is 37.0. The molecule has 2 atom stereocenters. The molecule has 9 aromatic carbocycles. The molecule has 0 aromatic heterocycles. The number of benzene rings is 9. The van der Waals surface area contributed by atoms with Gasteiger partial charge < -0.3 is 4.90 Å². The molecule has 0 heterocycles. The number of rotatable bonds is 9. The standard InChI is InChI=1S/C64H51N/c1-44-15-14-24-60-62(42-55-22-12-13-23-59(55)63(44)60)64-45(2)41-58(43-61(64)54-20-10-5-11-21-54)65(56-37-33-52(34-38-56)50-29-25-48(26-30-50)46-16-6-3-7-17-46)57-39-35-53(36-40-57)51-31-27-49(28-32-51)47-18-8-4-9-19-47/h3-14,16-40,42-45H,15,41H2,1-2H3. The quantitative estimate of drug-likeness (QED) is 0.140. The molecule has 0 amide bonds. The molecule has 0 saturated heterocycles. The van der Waals surface area contributed by atoms with Crippen LogP contribution in [0.5, 0.6) is 0 Å². The van der Waals surface area contributed by atoms with Crippen molar-refractivity contribution in [1.29, 1.82) is 0 Å². The Labute approximate surface area is 384 Å². The van der Waals surface area contributed by atoms with Crippen LogP contribution in [0, 0.1) is 5.92 Å². The van der Waals surface area contributed by atoms with Crippen molar-refractivity contribution < 1.29 is 0 Å². The molecule has 312 valence electrons. The third kappa shape index (κ3) is 7.85. The minimum atomic E-state index is 0.244. The Morgan fingerprint density at radius 1 is 0.415 bits per heavy atom. The number of anilines is 2. The first-order valence-electron chi connectivity index (χ1n) is 23.1. The Bertz CT molecular complexity index is 3080. The average Bonchev–Trinajstić information content (AvgIpc) is 3.37. The second-order valence-electron chi connectivity index (χ2n) is 17.8. The van der Waals surface area contributed by atoms with Crippen LogP contribution in [-0.2, 0) is 0 Å². The third-order valence-corrected chi connectivity index (χ3v) is 13.6. The Kier molecular flexibility index (Phi) is 10.7. The van der Waals surface area contributed by atoms with Crippen LogP contribution in [-0.4, -0.2) is 0 Å². The van der Waals surface area contributed by atoms with Gasteiger partial charge in [0.15, 0.2) is 0 Å². The highest BCUT2D eigenvalue weighted by atomic mass is 15.1. The van der Waals surface area contributed by atoms with Crippen LogP contribution in [0.3, 0.4) is 0 Å². The van der Waals surface area contributed by atoms with Gasteiger partial charge in [-0.2, -0.15) is 0 Å². The van der Waals surface area contributed by atoms with Crippen molar-refractivity contribution in [3.8, 4) is 44.5 Å². The van der Waals surface area contributed by atoms with Gasteiger partial charge in [-0.25, -0.2) is 0 Å². The molecule has 9 aromatic rings. The molecule has 0 fully saturated rings. The van der Waals surface area contributed by atoms with Gasteiger partial charge in [0.2, 0.25) is 0 Å². The smallest absolute Gasteiger partial charge is 0.0458 e. The lowest BCUT2D eigenvalue weighted by molar-refractivity contribution is 0.716. The lowest BCUT2D eigenvalue weighted by Crippen LogP contribution is -2.22. The summed E-state index contributed by atoms with van der Waals surface area (Å²) in [5.41, 5.74) is 21.5. The molecule has 0 N–H and O–H groups in total. The molecule has 2 aliphatic carbocycles. The van der Waals surface area contributed by atoms with Crippen LogP contribution in [0.4, 0.5) is 11.4 Å². The topological polar surface area (TPSA) is 3.24 Å². The predicted octanol–water partition coefficient (Wildman–Crippen LogP) is 17.7. The molecule has 0 saturated carbocycles. The molecule has 1 nitrogen and oxygen atoms in total. The number of nitrogens with zero attached hydrogens (tertiary/aromatic N) is 1. The van der Waals surface area contributed by atoms with Crippen molar-refractivity contribution in [3.63, 3.8) is 0 Å². The molecular formula is C64H51N. The largest absolute Gasteiger partial charge is 0.314 e. The van der Waals surface area contributed by atoms with Crippen LogP contribution in [0.15, 0.2) is 236 Å². The van der Waals surface area contributed by atoms with E-state index in [4.69, 9.17) is 0 Å². The first kappa shape index (κ1) is 40.1. The summed E-state index contributed by atoms with van der Waals surface area (Å²) in [6, 6.07) is 79.9. The van der Waals surface area contributed by atoms with Crippen LogP contribution in [0.1, 0.15) is 54.9 Å². The van der Waals surface area contributed by atoms with Crippen LogP contribution in [0.25, 0.3) is 72.5 Å². The zero-order chi connectivity index (χ0) is 43.7. The van der Waals surface area contributed by atoms with E-state index in [0.29, 0.717) is 5.92 Å². The van der Waals surface area contributed by atoms with E-state index < -0.39 is 0 Å². The SMILES string of the molecule is CC1CC(N(c2ccc(-c3ccc(-c4ccccc4)cc3)cc2)c2ccc(-c3ccc(-c4ccccc4)cc3)cc2)=CC(c2ccccc2)=C1c1cc2ccccc2c2c1C=CCC2C. The minimum absolute atomic E-state index is 0.244. The first-order chi connectivity index (χ1) is 32.1. The van der Waals surface area contributed by atoms with E-state index in [2.05, 4.69) is 255 Å². The Morgan fingerprint density at radius 3 is 1.32 bits per heavy atom. The monoisotopic (exact) mass is 833 g/mol. The number of allylic oxidation sites excluding steroid dienone is 5. The molecule has 0 spiro atoms. The van der Waals surface area contributed by atoms with Gasteiger partial charge in [-0.1, -0.05) is 214 Å². The van der Waals surface area contributed by atoms with E-state index >= 15 is 0 Å². The van der Waals surface area contributed by atoms with Crippen LogP contribution < -0.4 is 4.90 Å². The summed E-state index contributed by atoms with van der Waals surface area (Å²) < 4.78 is 0. The molecule has 0 radical (unpaired) electrons. The van der Waals surface area contributed by atoms with Gasteiger partial charge in [-0.15, -0.1) is 0 Å². The highest BCUT2D eigenvalue weighted by Crippen LogP contribution is 2.49. The lowest BCUT2D eigenvalue weighted by atomic mass is 9.74. The lowest BCUT2D eigenvalue weighted by Gasteiger charge is -2.35. The molecule has 2 aliphatic rings. The molecule has 2 unspecified atom stereocenters. The maximum absolute atomic E-state index is 2.50. The van der Waals surface area contributed by atoms with E-state index in [1.54, 1.807) is 0 Å². The second kappa shape index (κ2) is 17.4. The van der Waals surface area contributed by atoms with Crippen molar-refractivity contribution in [2.75, 3.05) is 4.90 Å². The highest BCUT2D eigenvalue weighted by Gasteiger charge is 2.30. The molecule has 0 aliphatic heterocycles. The number of fused-ring (bicyclic) bond motifs is 3. The fraction of sp³-hybridized carbons (Fsp3) is 0.0938. The average molecular weight is 834 g/mol. The van der Waals surface area contributed by atoms with E-state index in [9.17, 15) is 0 Å². The van der Waals surface area contributed by atoms with Crippen molar-refractivity contribution in [2.45, 2.75) is 32.6 Å². The van der Waals surface area contributed by atoms with Gasteiger partial charge >= 0.3 is 0 Å². The van der Waals surface area contributed by atoms with E-state index in [1.165, 1.54) is 94.4 Å². The maximum Gasteiger partial charge on any atom is 0.0458 e. The molecular weight excluding hydrogens is 783 g/mol. The third-order valence-electron chi connectivity index (χ3n) is 13.6. The van der Waals surface area contributed by atoms with Gasteiger partial charge in [0.25, 0.3) is 0 Å². The summed E-state index contributed by atoms with van der Waals surface area (Å²) in [6.07, 6.45) is 9.23. The zero-order valence-corrected chi connectivity index (χ0v) is 37.0. The Morgan fingerprint density at radius 2 is 0.831 bits per heavy atom. The summed E-state index contributed by atoms with van der Waals surface area (Å²) in [5, 5.41) is 2.69. The molecule has 11 rings (SSSR count). The summed E-state index contributed by atoms with van der Waals surface area (Å²) in [4.78, 5) is 2.50. The van der Waals surface area contributed by atoms with Gasteiger partial charge in [-0.05, 0) is 150 Å². The molecule has 65 heavy (non-hydrogen) atoms. The van der Waals surface area contributed by atoms with Gasteiger partial charge in [0, 0.05) is 17.1 Å². The van der Waals surface area contributed by atoms with Gasteiger partial charge in [-0.3, -0.25) is 0 Å². The van der Waals surface area contributed by atoms with E-state index in [0.717, 1.165) is 24.2 Å². The Balaban J connectivity index is 1.03. The summed E-state index contributed by atoms with van der Waals surface area (Å²) in [6.45, 7) is 4.83. The fourth-order valence-corrected chi connectivity index (χ4v) is 10.3. The van der Waals surface area contributed by atoms with Gasteiger partial charge in [0.05, 0.1) is 0 Å². The van der Waals surface area contributed by atoms with Crippen molar-refractivity contribution in [1.82, 2.24) is 0 Å². The number of hydrogen-bond acceptors (Lipinski definition) is 1.